The Balaban J connectivity index is 2.34. The highest BCUT2D eigenvalue weighted by Crippen LogP contribution is 2.21. The number of nitrogens with zero attached hydrogens (tertiary/aromatic N) is 2. The summed E-state index contributed by atoms with van der Waals surface area (Å²) in [7, 11) is 0. The summed E-state index contributed by atoms with van der Waals surface area (Å²) in [5.41, 5.74) is -0.381. The van der Waals surface area contributed by atoms with Crippen LogP contribution in [-0.4, -0.2) is 14.8 Å². The molecule has 0 spiro atoms. The molecule has 6 heteroatoms. The van der Waals surface area contributed by atoms with Crippen molar-refractivity contribution in [3.05, 3.63) is 40.6 Å². The van der Waals surface area contributed by atoms with Crippen LogP contribution in [0, 0.1) is 5.82 Å². The van der Waals surface area contributed by atoms with E-state index in [0.717, 1.165) is 0 Å². The van der Waals surface area contributed by atoms with E-state index in [2.05, 4.69) is 10.2 Å². The maximum atomic E-state index is 13.3. The van der Waals surface area contributed by atoms with Crippen LogP contribution in [0.4, 0.5) is 4.39 Å². The minimum atomic E-state index is -0.499. The number of rotatable bonds is 3. The fourth-order valence-corrected chi connectivity index (χ4v) is 1.29. The number of nitrogens with one attached hydrogen (secondary N) is 1. The number of hydrogen-bond acceptors (Lipinski definition) is 3. The molecule has 0 atom stereocenters. The highest BCUT2D eigenvalue weighted by molar-refractivity contribution is 5.26. The third-order valence-corrected chi connectivity index (χ3v) is 2.08. The van der Waals surface area contributed by atoms with E-state index in [4.69, 9.17) is 4.74 Å². The quantitative estimate of drug-likeness (QED) is 0.858. The van der Waals surface area contributed by atoms with E-state index in [1.54, 1.807) is 19.1 Å². The molecule has 2 aromatic rings. The average Bonchev–Trinajstić information content (AvgIpc) is 2.63. The minimum absolute atomic E-state index is 0.0381. The van der Waals surface area contributed by atoms with Crippen molar-refractivity contribution in [1.29, 1.82) is 0 Å². The van der Waals surface area contributed by atoms with Gasteiger partial charge in [0, 0.05) is 6.54 Å². The summed E-state index contributed by atoms with van der Waals surface area (Å²) in [6.45, 7) is 2.17. The number of para-hydroxylation sites is 1. The van der Waals surface area contributed by atoms with Crippen molar-refractivity contribution in [3.63, 3.8) is 0 Å². The van der Waals surface area contributed by atoms with Gasteiger partial charge in [0.15, 0.2) is 11.6 Å². The molecular weight excluding hydrogens is 213 g/mol. The molecule has 1 heterocycles. The lowest BCUT2D eigenvalue weighted by Gasteiger charge is -2.05. The Labute approximate surface area is 90.5 Å². The molecule has 1 N–H and O–H groups in total. The van der Waals surface area contributed by atoms with Crippen molar-refractivity contribution in [3.8, 4) is 11.8 Å². The van der Waals surface area contributed by atoms with E-state index in [9.17, 15) is 9.18 Å². The highest BCUT2D eigenvalue weighted by atomic mass is 19.1. The summed E-state index contributed by atoms with van der Waals surface area (Å²) in [6.07, 6.45) is 0. The predicted octanol–water partition coefficient (Wildman–Crippen LogP) is 1.52. The fraction of sp³-hybridized carbons (Fsp3) is 0.200. The standard InChI is InChI=1S/C10H10FN3O2/c1-2-14-9(15)12-13-10(14)16-8-6-4-3-5-7(8)11/h3-6H,2H2,1H3,(H,12,15). The van der Waals surface area contributed by atoms with Crippen LogP contribution in [0.25, 0.3) is 0 Å². The summed E-state index contributed by atoms with van der Waals surface area (Å²) in [6, 6.07) is 5.99. The Hall–Kier alpha value is -2.11. The van der Waals surface area contributed by atoms with Crippen LogP contribution in [-0.2, 0) is 6.54 Å². The summed E-state index contributed by atoms with van der Waals surface area (Å²) in [5.74, 6) is -0.461. The van der Waals surface area contributed by atoms with Gasteiger partial charge in [-0.1, -0.05) is 12.1 Å². The lowest BCUT2D eigenvalue weighted by Crippen LogP contribution is -2.16. The van der Waals surface area contributed by atoms with Crippen LogP contribution in [0.3, 0.4) is 0 Å². The third-order valence-electron chi connectivity index (χ3n) is 2.08. The Bertz CT molecular complexity index is 547. The summed E-state index contributed by atoms with van der Waals surface area (Å²) in [5, 5.41) is 5.90. The second kappa shape index (κ2) is 4.18. The van der Waals surface area contributed by atoms with Gasteiger partial charge in [0.2, 0.25) is 0 Å². The summed E-state index contributed by atoms with van der Waals surface area (Å²) in [4.78, 5) is 11.2. The van der Waals surface area contributed by atoms with E-state index in [1.807, 2.05) is 0 Å². The monoisotopic (exact) mass is 223 g/mol. The third kappa shape index (κ3) is 1.81. The Morgan fingerprint density at radius 2 is 2.25 bits per heavy atom. The maximum absolute atomic E-state index is 13.3. The van der Waals surface area contributed by atoms with Crippen molar-refractivity contribution in [2.75, 3.05) is 0 Å². The number of benzene rings is 1. The molecule has 1 aromatic heterocycles. The van der Waals surface area contributed by atoms with Crippen molar-refractivity contribution < 1.29 is 9.13 Å². The SMILES string of the molecule is CCn1c(Oc2ccccc2F)n[nH]c1=O. The first kappa shape index (κ1) is 10.4. The van der Waals surface area contributed by atoms with Crippen molar-refractivity contribution >= 4 is 0 Å². The van der Waals surface area contributed by atoms with Crippen LogP contribution in [0.1, 0.15) is 6.92 Å². The van der Waals surface area contributed by atoms with Gasteiger partial charge in [0.1, 0.15) is 0 Å². The number of hydrogen-bond donors (Lipinski definition) is 1. The topological polar surface area (TPSA) is 59.9 Å². The first-order valence-corrected chi connectivity index (χ1v) is 4.80. The zero-order valence-corrected chi connectivity index (χ0v) is 8.61. The van der Waals surface area contributed by atoms with Gasteiger partial charge in [-0.3, -0.25) is 0 Å². The van der Waals surface area contributed by atoms with Crippen molar-refractivity contribution in [2.24, 2.45) is 0 Å². The van der Waals surface area contributed by atoms with E-state index in [-0.39, 0.29) is 17.4 Å². The molecule has 2 rings (SSSR count). The first-order valence-electron chi connectivity index (χ1n) is 4.80. The molecule has 5 nitrogen and oxygen atoms in total. The number of ether oxygens (including phenoxy) is 1. The molecule has 0 bridgehead atoms. The predicted molar refractivity (Wildman–Crippen MR) is 55.0 cm³/mol. The normalized spacial score (nSPS) is 10.4. The van der Waals surface area contributed by atoms with E-state index < -0.39 is 5.82 Å². The van der Waals surface area contributed by atoms with Crippen LogP contribution in [0.5, 0.6) is 11.8 Å². The minimum Gasteiger partial charge on any atom is -0.421 e. The highest BCUT2D eigenvalue weighted by Gasteiger charge is 2.10. The fourth-order valence-electron chi connectivity index (χ4n) is 1.29. The second-order valence-electron chi connectivity index (χ2n) is 3.09. The molecular formula is C10H10FN3O2. The van der Waals surface area contributed by atoms with Gasteiger partial charge in [-0.05, 0) is 19.1 Å². The van der Waals surface area contributed by atoms with Crippen LogP contribution in [0.15, 0.2) is 29.1 Å². The van der Waals surface area contributed by atoms with E-state index in [0.29, 0.717) is 6.54 Å². The molecule has 0 aliphatic heterocycles. The zero-order chi connectivity index (χ0) is 11.5. The Morgan fingerprint density at radius 1 is 1.50 bits per heavy atom. The first-order chi connectivity index (χ1) is 7.72. The largest absolute Gasteiger partial charge is 0.421 e. The number of aromatic nitrogens is 3. The lowest BCUT2D eigenvalue weighted by molar-refractivity contribution is 0.387. The van der Waals surface area contributed by atoms with Crippen LogP contribution in [0.2, 0.25) is 0 Å². The lowest BCUT2D eigenvalue weighted by atomic mass is 10.3. The molecule has 0 aliphatic carbocycles. The number of H-pyrrole nitrogens is 1. The van der Waals surface area contributed by atoms with Crippen molar-refractivity contribution in [1.82, 2.24) is 14.8 Å². The molecule has 0 fully saturated rings. The van der Waals surface area contributed by atoms with Gasteiger partial charge in [0.25, 0.3) is 0 Å². The summed E-state index contributed by atoms with van der Waals surface area (Å²) < 4.78 is 19.7. The van der Waals surface area contributed by atoms with Crippen molar-refractivity contribution in [2.45, 2.75) is 13.5 Å². The van der Waals surface area contributed by atoms with E-state index in [1.165, 1.54) is 16.7 Å². The average molecular weight is 223 g/mol. The molecule has 1 aromatic carbocycles. The molecule has 0 aliphatic rings. The molecule has 0 unspecified atom stereocenters. The number of halogens is 1. The van der Waals surface area contributed by atoms with Crippen LogP contribution >= 0.6 is 0 Å². The molecule has 0 saturated heterocycles. The van der Waals surface area contributed by atoms with Gasteiger partial charge in [-0.2, -0.15) is 0 Å². The van der Waals surface area contributed by atoms with Gasteiger partial charge in [-0.25, -0.2) is 18.9 Å². The molecule has 0 amide bonds. The zero-order valence-electron chi connectivity index (χ0n) is 8.61. The van der Waals surface area contributed by atoms with Gasteiger partial charge in [-0.15, -0.1) is 5.10 Å². The molecule has 0 radical (unpaired) electrons. The van der Waals surface area contributed by atoms with Gasteiger partial charge < -0.3 is 4.74 Å². The van der Waals surface area contributed by atoms with Crippen LogP contribution < -0.4 is 10.4 Å². The van der Waals surface area contributed by atoms with Gasteiger partial charge in [0.05, 0.1) is 0 Å². The van der Waals surface area contributed by atoms with E-state index >= 15 is 0 Å². The smallest absolute Gasteiger partial charge is 0.346 e. The van der Waals surface area contributed by atoms with Gasteiger partial charge >= 0.3 is 11.7 Å². The Morgan fingerprint density at radius 3 is 2.94 bits per heavy atom. The molecule has 16 heavy (non-hydrogen) atoms. The number of aromatic amines is 1. The maximum Gasteiger partial charge on any atom is 0.346 e. The molecule has 0 saturated carbocycles. The summed E-state index contributed by atoms with van der Waals surface area (Å²) >= 11 is 0. The molecule has 84 valence electrons. The Kier molecular flexibility index (Phi) is 2.72. The second-order valence-corrected chi connectivity index (χ2v) is 3.09.